The first kappa shape index (κ1) is 24.7. The Labute approximate surface area is 187 Å². The number of likely N-dealkylation sites (tertiary alicyclic amines) is 1. The second-order valence-electron chi connectivity index (χ2n) is 8.37. The summed E-state index contributed by atoms with van der Waals surface area (Å²) in [6, 6.07) is 8.24. The van der Waals surface area contributed by atoms with Crippen LogP contribution in [0.15, 0.2) is 24.3 Å². The predicted molar refractivity (Wildman–Crippen MR) is 127 cm³/mol. The van der Waals surface area contributed by atoms with Crippen LogP contribution in [0.2, 0.25) is 0 Å². The zero-order valence-electron chi connectivity index (χ0n) is 19.2. The molecule has 5 nitrogen and oxygen atoms in total. The summed E-state index contributed by atoms with van der Waals surface area (Å²) in [7, 11) is 0. The molecule has 2 amide bonds. The third-order valence-electron chi connectivity index (χ3n) is 6.12. The van der Waals surface area contributed by atoms with Gasteiger partial charge in [0.05, 0.1) is 0 Å². The average molecular weight is 434 g/mol. The van der Waals surface area contributed by atoms with Gasteiger partial charge in [-0.25, -0.2) is 0 Å². The molecule has 1 aliphatic heterocycles. The summed E-state index contributed by atoms with van der Waals surface area (Å²) < 4.78 is 0. The van der Waals surface area contributed by atoms with Crippen LogP contribution < -0.4 is 5.32 Å². The minimum atomic E-state index is -0.399. The molecule has 1 aliphatic rings. The van der Waals surface area contributed by atoms with Crippen molar-refractivity contribution in [3.8, 4) is 0 Å². The van der Waals surface area contributed by atoms with Crippen molar-refractivity contribution in [3.63, 3.8) is 0 Å². The largest absolute Gasteiger partial charge is 0.345 e. The maximum atomic E-state index is 13.0. The fraction of sp³-hybridized carbons (Fsp3) is 0.667. The number of likely N-dealkylation sites (N-methyl/N-ethyl adjacent to an activating group) is 1. The van der Waals surface area contributed by atoms with Gasteiger partial charge in [0.2, 0.25) is 11.8 Å². The number of hydrogen-bond acceptors (Lipinski definition) is 4. The number of amides is 2. The molecule has 1 heterocycles. The van der Waals surface area contributed by atoms with Crippen molar-refractivity contribution < 1.29 is 9.59 Å². The Balaban J connectivity index is 1.81. The zero-order valence-corrected chi connectivity index (χ0v) is 20.0. The molecule has 0 spiro atoms. The highest BCUT2D eigenvalue weighted by molar-refractivity contribution is 7.98. The van der Waals surface area contributed by atoms with Gasteiger partial charge in [-0.2, -0.15) is 11.8 Å². The number of carbonyl (C=O) groups is 2. The second-order valence-corrected chi connectivity index (χ2v) is 9.36. The quantitative estimate of drug-likeness (QED) is 0.581. The Bertz CT molecular complexity index is 674. The van der Waals surface area contributed by atoms with Gasteiger partial charge >= 0.3 is 0 Å². The standard InChI is InChI=1S/C24H39N3O2S/c1-5-27(24(29)23(13-17-30-4)25-20(3)28)18-21-10-14-26(15-11-21)16-12-22-9-7-6-8-19(22)2/h6-9,21,23H,5,10-18H2,1-4H3,(H,25,28)/t23-/m0/s1. The summed E-state index contributed by atoms with van der Waals surface area (Å²) in [4.78, 5) is 29.1. The van der Waals surface area contributed by atoms with Crippen LogP contribution in [0.4, 0.5) is 0 Å². The van der Waals surface area contributed by atoms with Crippen molar-refractivity contribution in [2.45, 2.75) is 52.5 Å². The van der Waals surface area contributed by atoms with E-state index in [0.29, 0.717) is 18.9 Å². The van der Waals surface area contributed by atoms with Gasteiger partial charge in [-0.1, -0.05) is 24.3 Å². The van der Waals surface area contributed by atoms with Gasteiger partial charge in [-0.15, -0.1) is 0 Å². The van der Waals surface area contributed by atoms with Gasteiger partial charge < -0.3 is 15.1 Å². The number of carbonyl (C=O) groups excluding carboxylic acids is 2. The van der Waals surface area contributed by atoms with Crippen LogP contribution in [-0.4, -0.2) is 72.4 Å². The number of hydrogen-bond donors (Lipinski definition) is 1. The number of nitrogens with zero attached hydrogens (tertiary/aromatic N) is 2. The van der Waals surface area contributed by atoms with E-state index in [1.807, 2.05) is 18.1 Å². The Hall–Kier alpha value is -1.53. The van der Waals surface area contributed by atoms with Gasteiger partial charge in [-0.05, 0) is 81.7 Å². The fourth-order valence-corrected chi connectivity index (χ4v) is 4.68. The molecule has 1 N–H and O–H groups in total. The highest BCUT2D eigenvalue weighted by Crippen LogP contribution is 2.20. The molecule has 30 heavy (non-hydrogen) atoms. The molecule has 0 bridgehead atoms. The fourth-order valence-electron chi connectivity index (χ4n) is 4.21. The Morgan fingerprint density at radius 3 is 2.57 bits per heavy atom. The summed E-state index contributed by atoms with van der Waals surface area (Å²) in [5.74, 6) is 1.35. The Morgan fingerprint density at radius 2 is 1.97 bits per heavy atom. The Kier molecular flexibility index (Phi) is 10.7. The first-order chi connectivity index (χ1) is 14.4. The lowest BCUT2D eigenvalue weighted by Crippen LogP contribution is -2.50. The van der Waals surface area contributed by atoms with Crippen LogP contribution in [0.3, 0.4) is 0 Å². The molecule has 0 aromatic heterocycles. The summed E-state index contributed by atoms with van der Waals surface area (Å²) in [5.41, 5.74) is 2.82. The van der Waals surface area contributed by atoms with E-state index < -0.39 is 6.04 Å². The molecule has 1 aromatic rings. The lowest BCUT2D eigenvalue weighted by Gasteiger charge is -2.35. The van der Waals surface area contributed by atoms with Crippen LogP contribution in [0.1, 0.15) is 44.2 Å². The van der Waals surface area contributed by atoms with E-state index in [4.69, 9.17) is 0 Å². The number of piperidine rings is 1. The van der Waals surface area contributed by atoms with E-state index in [-0.39, 0.29) is 11.8 Å². The maximum absolute atomic E-state index is 13.0. The monoisotopic (exact) mass is 433 g/mol. The van der Waals surface area contributed by atoms with Crippen molar-refractivity contribution in [3.05, 3.63) is 35.4 Å². The molecule has 0 aliphatic carbocycles. The highest BCUT2D eigenvalue weighted by atomic mass is 32.2. The van der Waals surface area contributed by atoms with Gasteiger partial charge in [0.1, 0.15) is 6.04 Å². The first-order valence-electron chi connectivity index (χ1n) is 11.3. The van der Waals surface area contributed by atoms with Gasteiger partial charge in [0, 0.05) is 26.6 Å². The van der Waals surface area contributed by atoms with Crippen molar-refractivity contribution in [1.82, 2.24) is 15.1 Å². The van der Waals surface area contributed by atoms with Crippen molar-refractivity contribution in [2.75, 3.05) is 44.7 Å². The third-order valence-corrected chi connectivity index (χ3v) is 6.77. The molecule has 6 heteroatoms. The molecule has 0 unspecified atom stereocenters. The normalized spacial score (nSPS) is 16.3. The van der Waals surface area contributed by atoms with E-state index in [1.165, 1.54) is 18.1 Å². The third kappa shape index (κ3) is 7.95. The maximum Gasteiger partial charge on any atom is 0.245 e. The van der Waals surface area contributed by atoms with Crippen molar-refractivity contribution in [2.24, 2.45) is 5.92 Å². The van der Waals surface area contributed by atoms with Crippen molar-refractivity contribution >= 4 is 23.6 Å². The number of benzene rings is 1. The predicted octanol–water partition coefficient (Wildman–Crippen LogP) is 3.36. The van der Waals surface area contributed by atoms with Gasteiger partial charge in [-0.3, -0.25) is 9.59 Å². The zero-order chi connectivity index (χ0) is 21.9. The highest BCUT2D eigenvalue weighted by Gasteiger charge is 2.27. The first-order valence-corrected chi connectivity index (χ1v) is 12.7. The van der Waals surface area contributed by atoms with E-state index in [0.717, 1.165) is 51.2 Å². The SMILES string of the molecule is CCN(CC1CCN(CCc2ccccc2C)CC1)C(=O)[C@H](CCSC)NC(C)=O. The van der Waals surface area contributed by atoms with E-state index in [1.54, 1.807) is 11.8 Å². The average Bonchev–Trinajstić information content (AvgIpc) is 2.74. The van der Waals surface area contributed by atoms with E-state index >= 15 is 0 Å². The van der Waals surface area contributed by atoms with E-state index in [9.17, 15) is 9.59 Å². The van der Waals surface area contributed by atoms with Crippen LogP contribution in [0, 0.1) is 12.8 Å². The molecule has 1 aromatic carbocycles. The summed E-state index contributed by atoms with van der Waals surface area (Å²) in [5, 5.41) is 2.86. The van der Waals surface area contributed by atoms with Crippen LogP contribution >= 0.6 is 11.8 Å². The van der Waals surface area contributed by atoms with Crippen molar-refractivity contribution in [1.29, 1.82) is 0 Å². The van der Waals surface area contributed by atoms with E-state index in [2.05, 4.69) is 41.4 Å². The summed E-state index contributed by atoms with van der Waals surface area (Å²) >= 11 is 1.71. The number of nitrogens with one attached hydrogen (secondary N) is 1. The lowest BCUT2D eigenvalue weighted by atomic mass is 9.95. The summed E-state index contributed by atoms with van der Waals surface area (Å²) in [6.45, 7) is 10.5. The molecule has 1 saturated heterocycles. The molecule has 2 rings (SSSR count). The van der Waals surface area contributed by atoms with Crippen LogP contribution in [0.5, 0.6) is 0 Å². The minimum absolute atomic E-state index is 0.0729. The van der Waals surface area contributed by atoms with Crippen LogP contribution in [-0.2, 0) is 16.0 Å². The molecular weight excluding hydrogens is 394 g/mol. The second kappa shape index (κ2) is 13.0. The van der Waals surface area contributed by atoms with Gasteiger partial charge in [0.25, 0.3) is 0 Å². The molecule has 0 saturated carbocycles. The molecule has 168 valence electrons. The smallest absolute Gasteiger partial charge is 0.245 e. The molecular formula is C24H39N3O2S. The molecule has 0 radical (unpaired) electrons. The lowest BCUT2D eigenvalue weighted by molar-refractivity contribution is -0.136. The molecule has 1 fully saturated rings. The topological polar surface area (TPSA) is 52.6 Å². The summed E-state index contributed by atoms with van der Waals surface area (Å²) in [6.07, 6.45) is 6.08. The number of thioether (sulfide) groups is 1. The minimum Gasteiger partial charge on any atom is -0.345 e. The number of aryl methyl sites for hydroxylation is 1. The Morgan fingerprint density at radius 1 is 1.27 bits per heavy atom. The molecule has 1 atom stereocenters. The van der Waals surface area contributed by atoms with Crippen LogP contribution in [0.25, 0.3) is 0 Å². The van der Waals surface area contributed by atoms with Gasteiger partial charge in [0.15, 0.2) is 0 Å². The number of rotatable bonds is 11.